The number of aliphatic hydroxyl groups excluding tert-OH is 1. The number of aryl methyl sites for hydroxylation is 1. The lowest BCUT2D eigenvalue weighted by Gasteiger charge is -2.19. The summed E-state index contributed by atoms with van der Waals surface area (Å²) in [6, 6.07) is 0. The van der Waals surface area contributed by atoms with Crippen molar-refractivity contribution in [2.45, 2.75) is 46.1 Å². The fourth-order valence-electron chi connectivity index (χ4n) is 1.60. The molecule has 0 aromatic carbocycles. The van der Waals surface area contributed by atoms with E-state index in [4.69, 9.17) is 4.52 Å². The zero-order valence-corrected chi connectivity index (χ0v) is 9.19. The molecule has 2 atom stereocenters. The molecular formula is C10H18N2O2. The van der Waals surface area contributed by atoms with Crippen molar-refractivity contribution < 1.29 is 9.63 Å². The van der Waals surface area contributed by atoms with Crippen LogP contribution in [0.15, 0.2) is 4.52 Å². The molecule has 0 amide bonds. The number of rotatable bonds is 4. The fraction of sp³-hybridized carbons (Fsp3) is 0.800. The predicted octanol–water partition coefficient (Wildman–Crippen LogP) is 1.75. The monoisotopic (exact) mass is 198 g/mol. The SMILES string of the molecule is CCc1noc(C(C(C)C)C(C)O)n1. The van der Waals surface area contributed by atoms with Crippen LogP contribution in [0.1, 0.15) is 45.3 Å². The van der Waals surface area contributed by atoms with Crippen LogP contribution in [0.5, 0.6) is 0 Å². The molecule has 14 heavy (non-hydrogen) atoms. The Kier molecular flexibility index (Phi) is 3.63. The fourth-order valence-corrected chi connectivity index (χ4v) is 1.60. The molecule has 0 fully saturated rings. The second-order valence-corrected chi connectivity index (χ2v) is 3.91. The van der Waals surface area contributed by atoms with Crippen molar-refractivity contribution in [3.05, 3.63) is 11.7 Å². The molecule has 1 rings (SSSR count). The maximum atomic E-state index is 9.59. The van der Waals surface area contributed by atoms with Crippen molar-refractivity contribution >= 4 is 0 Å². The molecule has 80 valence electrons. The maximum absolute atomic E-state index is 9.59. The molecule has 0 bridgehead atoms. The summed E-state index contributed by atoms with van der Waals surface area (Å²) in [5.41, 5.74) is 0. The molecule has 4 heteroatoms. The third-order valence-electron chi connectivity index (χ3n) is 2.32. The van der Waals surface area contributed by atoms with E-state index < -0.39 is 6.10 Å². The number of hydrogen-bond donors (Lipinski definition) is 1. The van der Waals surface area contributed by atoms with Gasteiger partial charge >= 0.3 is 0 Å². The van der Waals surface area contributed by atoms with Crippen molar-refractivity contribution in [1.82, 2.24) is 10.1 Å². The molecular weight excluding hydrogens is 180 g/mol. The lowest BCUT2D eigenvalue weighted by atomic mass is 9.91. The molecule has 0 spiro atoms. The average Bonchev–Trinajstić information content (AvgIpc) is 2.51. The molecule has 0 aliphatic rings. The third-order valence-corrected chi connectivity index (χ3v) is 2.32. The van der Waals surface area contributed by atoms with Crippen LogP contribution in [-0.4, -0.2) is 21.4 Å². The average molecular weight is 198 g/mol. The van der Waals surface area contributed by atoms with Crippen molar-refractivity contribution in [3.63, 3.8) is 0 Å². The summed E-state index contributed by atoms with van der Waals surface area (Å²) >= 11 is 0. The van der Waals surface area contributed by atoms with E-state index in [1.54, 1.807) is 6.92 Å². The first kappa shape index (κ1) is 11.2. The molecule has 1 N–H and O–H groups in total. The Hall–Kier alpha value is -0.900. The van der Waals surface area contributed by atoms with Gasteiger partial charge in [0.05, 0.1) is 12.0 Å². The number of hydrogen-bond acceptors (Lipinski definition) is 4. The van der Waals surface area contributed by atoms with Crippen molar-refractivity contribution in [2.24, 2.45) is 5.92 Å². The van der Waals surface area contributed by atoms with E-state index in [-0.39, 0.29) is 5.92 Å². The Morgan fingerprint density at radius 3 is 2.36 bits per heavy atom. The molecule has 4 nitrogen and oxygen atoms in total. The summed E-state index contributed by atoms with van der Waals surface area (Å²) in [6.45, 7) is 7.79. The van der Waals surface area contributed by atoms with Gasteiger partial charge in [-0.25, -0.2) is 0 Å². The van der Waals surface area contributed by atoms with Gasteiger partial charge in [0.2, 0.25) is 5.89 Å². The topological polar surface area (TPSA) is 59.2 Å². The highest BCUT2D eigenvalue weighted by molar-refractivity contribution is 4.97. The second kappa shape index (κ2) is 4.55. The summed E-state index contributed by atoms with van der Waals surface area (Å²) in [4.78, 5) is 4.23. The van der Waals surface area contributed by atoms with Gasteiger partial charge in [-0.05, 0) is 12.8 Å². The number of nitrogens with zero attached hydrogens (tertiary/aromatic N) is 2. The summed E-state index contributed by atoms with van der Waals surface area (Å²) < 4.78 is 5.12. The minimum absolute atomic E-state index is 0.0669. The lowest BCUT2D eigenvalue weighted by Crippen LogP contribution is -2.20. The first-order chi connectivity index (χ1) is 6.56. The first-order valence-electron chi connectivity index (χ1n) is 5.06. The van der Waals surface area contributed by atoms with Gasteiger partial charge in [-0.15, -0.1) is 0 Å². The van der Waals surface area contributed by atoms with Crippen LogP contribution in [0.3, 0.4) is 0 Å². The Balaban J connectivity index is 2.88. The second-order valence-electron chi connectivity index (χ2n) is 3.91. The van der Waals surface area contributed by atoms with Crippen LogP contribution >= 0.6 is 0 Å². The van der Waals surface area contributed by atoms with Gasteiger partial charge in [0, 0.05) is 6.42 Å². The summed E-state index contributed by atoms with van der Waals surface area (Å²) in [5, 5.41) is 13.4. The van der Waals surface area contributed by atoms with Crippen molar-refractivity contribution in [2.75, 3.05) is 0 Å². The van der Waals surface area contributed by atoms with Gasteiger partial charge in [-0.3, -0.25) is 0 Å². The molecule has 0 saturated carbocycles. The zero-order valence-electron chi connectivity index (χ0n) is 9.19. The van der Waals surface area contributed by atoms with E-state index in [1.165, 1.54) is 0 Å². The standard InChI is InChI=1S/C10H18N2O2/c1-5-8-11-10(14-12-8)9(6(2)3)7(4)13/h6-7,9,13H,5H2,1-4H3. The molecule has 1 heterocycles. The molecule has 0 aliphatic carbocycles. The molecule has 2 unspecified atom stereocenters. The van der Waals surface area contributed by atoms with Crippen LogP contribution in [0, 0.1) is 5.92 Å². The summed E-state index contributed by atoms with van der Waals surface area (Å²) in [5.74, 6) is 1.47. The predicted molar refractivity (Wildman–Crippen MR) is 52.9 cm³/mol. The van der Waals surface area contributed by atoms with Crippen molar-refractivity contribution in [3.8, 4) is 0 Å². The van der Waals surface area contributed by atoms with E-state index in [1.807, 2.05) is 20.8 Å². The Labute approximate surface area is 84.3 Å². The normalized spacial score (nSPS) is 15.9. The van der Waals surface area contributed by atoms with E-state index in [0.29, 0.717) is 17.6 Å². The summed E-state index contributed by atoms with van der Waals surface area (Å²) in [7, 11) is 0. The number of aliphatic hydroxyl groups is 1. The maximum Gasteiger partial charge on any atom is 0.232 e. The highest BCUT2D eigenvalue weighted by Crippen LogP contribution is 2.26. The Morgan fingerprint density at radius 2 is 2.00 bits per heavy atom. The first-order valence-corrected chi connectivity index (χ1v) is 5.06. The van der Waals surface area contributed by atoms with Gasteiger partial charge in [-0.2, -0.15) is 4.98 Å². The third kappa shape index (κ3) is 2.32. The Morgan fingerprint density at radius 1 is 1.36 bits per heavy atom. The minimum Gasteiger partial charge on any atom is -0.393 e. The van der Waals surface area contributed by atoms with Crippen molar-refractivity contribution in [1.29, 1.82) is 0 Å². The van der Waals surface area contributed by atoms with Crippen LogP contribution in [0.2, 0.25) is 0 Å². The van der Waals surface area contributed by atoms with E-state index in [2.05, 4.69) is 10.1 Å². The number of aromatic nitrogens is 2. The summed E-state index contributed by atoms with van der Waals surface area (Å²) in [6.07, 6.45) is 0.300. The largest absolute Gasteiger partial charge is 0.393 e. The van der Waals surface area contributed by atoms with Crippen LogP contribution < -0.4 is 0 Å². The molecule has 1 aromatic rings. The van der Waals surface area contributed by atoms with Gasteiger partial charge in [-0.1, -0.05) is 25.9 Å². The quantitative estimate of drug-likeness (QED) is 0.800. The van der Waals surface area contributed by atoms with Gasteiger partial charge in [0.25, 0.3) is 0 Å². The smallest absolute Gasteiger partial charge is 0.232 e. The Bertz CT molecular complexity index is 273. The van der Waals surface area contributed by atoms with E-state index in [9.17, 15) is 5.11 Å². The van der Waals surface area contributed by atoms with Gasteiger partial charge in [0.1, 0.15) is 0 Å². The lowest BCUT2D eigenvalue weighted by molar-refractivity contribution is 0.120. The van der Waals surface area contributed by atoms with Crippen LogP contribution in [0.25, 0.3) is 0 Å². The van der Waals surface area contributed by atoms with Crippen LogP contribution in [-0.2, 0) is 6.42 Å². The molecule has 1 aromatic heterocycles. The zero-order chi connectivity index (χ0) is 10.7. The minimum atomic E-state index is -0.458. The van der Waals surface area contributed by atoms with E-state index >= 15 is 0 Å². The van der Waals surface area contributed by atoms with Gasteiger partial charge in [0.15, 0.2) is 5.82 Å². The van der Waals surface area contributed by atoms with Gasteiger partial charge < -0.3 is 9.63 Å². The highest BCUT2D eigenvalue weighted by Gasteiger charge is 2.26. The molecule has 0 aliphatic heterocycles. The highest BCUT2D eigenvalue weighted by atomic mass is 16.5. The van der Waals surface area contributed by atoms with Crippen LogP contribution in [0.4, 0.5) is 0 Å². The molecule has 0 radical (unpaired) electrons. The van der Waals surface area contributed by atoms with E-state index in [0.717, 1.165) is 6.42 Å². The molecule has 0 saturated heterocycles.